The molecule has 3 aromatic carbocycles. The molecule has 2 atom stereocenters. The number of quaternary nitrogens is 1. The molecule has 42 heavy (non-hydrogen) atoms. The third kappa shape index (κ3) is 9.77. The third-order valence-corrected chi connectivity index (χ3v) is 8.14. The SMILES string of the molecule is NCCC[N+](CCCN)(CCCN)Cc1ccc(-c2ccc(C[C@H](C(=O)O)[C@H](Cc3ccccc3)C(=O)O)cc2)cc1. The highest BCUT2D eigenvalue weighted by Crippen LogP contribution is 2.27. The van der Waals surface area contributed by atoms with Crippen molar-refractivity contribution in [3.05, 3.63) is 95.6 Å². The number of benzene rings is 3. The van der Waals surface area contributed by atoms with Crippen molar-refractivity contribution >= 4 is 11.9 Å². The Morgan fingerprint density at radius 2 is 0.952 bits per heavy atom. The van der Waals surface area contributed by atoms with Crippen LogP contribution < -0.4 is 17.2 Å². The molecule has 0 aliphatic carbocycles. The van der Waals surface area contributed by atoms with Crippen LogP contribution in [0.2, 0.25) is 0 Å². The molecule has 3 rings (SSSR count). The molecule has 0 aromatic heterocycles. The van der Waals surface area contributed by atoms with Gasteiger partial charge in [0.15, 0.2) is 0 Å². The van der Waals surface area contributed by atoms with E-state index in [-0.39, 0.29) is 12.8 Å². The Morgan fingerprint density at radius 3 is 1.33 bits per heavy atom. The second-order valence-electron chi connectivity index (χ2n) is 11.3. The fraction of sp³-hybridized carbons (Fsp3) is 0.412. The molecule has 0 fully saturated rings. The summed E-state index contributed by atoms with van der Waals surface area (Å²) in [4.78, 5) is 24.2. The first-order valence-electron chi connectivity index (χ1n) is 14.9. The summed E-state index contributed by atoms with van der Waals surface area (Å²) in [5.74, 6) is -4.26. The van der Waals surface area contributed by atoms with Crippen molar-refractivity contribution in [2.24, 2.45) is 29.0 Å². The number of nitrogens with two attached hydrogens (primary N) is 3. The van der Waals surface area contributed by atoms with E-state index < -0.39 is 23.8 Å². The highest BCUT2D eigenvalue weighted by Gasteiger charge is 2.34. The number of hydrogen-bond donors (Lipinski definition) is 5. The zero-order valence-corrected chi connectivity index (χ0v) is 24.5. The summed E-state index contributed by atoms with van der Waals surface area (Å²) in [6, 6.07) is 25.5. The van der Waals surface area contributed by atoms with Crippen LogP contribution in [0.25, 0.3) is 11.1 Å². The highest BCUT2D eigenvalue weighted by atomic mass is 16.4. The molecule has 8 N–H and O–H groups in total. The minimum absolute atomic E-state index is 0.146. The Labute approximate surface area is 249 Å². The van der Waals surface area contributed by atoms with Crippen LogP contribution >= 0.6 is 0 Å². The monoisotopic (exact) mass is 575 g/mol. The molecular formula is C34H47N4O4+. The molecule has 0 spiro atoms. The number of aliphatic carboxylic acids is 2. The third-order valence-electron chi connectivity index (χ3n) is 8.14. The molecule has 8 heteroatoms. The normalized spacial score (nSPS) is 13.0. The summed E-state index contributed by atoms with van der Waals surface area (Å²) in [5.41, 5.74) is 22.5. The van der Waals surface area contributed by atoms with Crippen molar-refractivity contribution in [2.75, 3.05) is 39.3 Å². The lowest BCUT2D eigenvalue weighted by molar-refractivity contribution is -0.941. The fourth-order valence-corrected chi connectivity index (χ4v) is 5.80. The van der Waals surface area contributed by atoms with Gasteiger partial charge in [0, 0.05) is 24.8 Å². The number of hydrogen-bond acceptors (Lipinski definition) is 5. The zero-order chi connectivity index (χ0) is 30.4. The largest absolute Gasteiger partial charge is 0.481 e. The fourth-order valence-electron chi connectivity index (χ4n) is 5.80. The van der Waals surface area contributed by atoms with Gasteiger partial charge in [-0.3, -0.25) is 9.59 Å². The minimum atomic E-state index is -1.10. The maximum atomic E-state index is 12.2. The van der Waals surface area contributed by atoms with Gasteiger partial charge in [-0.15, -0.1) is 0 Å². The van der Waals surface area contributed by atoms with E-state index in [1.165, 1.54) is 5.56 Å². The molecule has 0 amide bonds. The Kier molecular flexibility index (Phi) is 13.2. The van der Waals surface area contributed by atoms with E-state index in [0.717, 1.165) is 72.2 Å². The van der Waals surface area contributed by atoms with Crippen molar-refractivity contribution in [1.82, 2.24) is 0 Å². The molecular weight excluding hydrogens is 528 g/mol. The average molecular weight is 576 g/mol. The van der Waals surface area contributed by atoms with Gasteiger partial charge in [-0.25, -0.2) is 0 Å². The maximum Gasteiger partial charge on any atom is 0.307 e. The van der Waals surface area contributed by atoms with E-state index in [2.05, 4.69) is 24.3 Å². The quantitative estimate of drug-likeness (QED) is 0.136. The van der Waals surface area contributed by atoms with E-state index in [1.807, 2.05) is 54.6 Å². The predicted octanol–water partition coefficient (Wildman–Crippen LogP) is 3.90. The summed E-state index contributed by atoms with van der Waals surface area (Å²) in [7, 11) is 0. The number of nitrogens with zero attached hydrogens (tertiary/aromatic N) is 1. The smallest absolute Gasteiger partial charge is 0.307 e. The average Bonchev–Trinajstić information content (AvgIpc) is 3.00. The van der Waals surface area contributed by atoms with Crippen LogP contribution in [-0.2, 0) is 29.0 Å². The van der Waals surface area contributed by atoms with Crippen LogP contribution in [0, 0.1) is 11.8 Å². The van der Waals surface area contributed by atoms with Crippen molar-refractivity contribution in [3.8, 4) is 11.1 Å². The van der Waals surface area contributed by atoms with Crippen LogP contribution in [0.5, 0.6) is 0 Å². The van der Waals surface area contributed by atoms with E-state index in [4.69, 9.17) is 17.2 Å². The van der Waals surface area contributed by atoms with Crippen molar-refractivity contribution in [3.63, 3.8) is 0 Å². The van der Waals surface area contributed by atoms with Crippen molar-refractivity contribution in [1.29, 1.82) is 0 Å². The molecule has 0 saturated heterocycles. The van der Waals surface area contributed by atoms with Crippen LogP contribution in [-0.4, -0.2) is 65.9 Å². The number of carboxylic acids is 2. The van der Waals surface area contributed by atoms with E-state index >= 15 is 0 Å². The first-order chi connectivity index (χ1) is 20.3. The topological polar surface area (TPSA) is 153 Å². The maximum absolute atomic E-state index is 12.2. The van der Waals surface area contributed by atoms with Gasteiger partial charge in [-0.05, 0) is 54.7 Å². The van der Waals surface area contributed by atoms with Gasteiger partial charge in [0.25, 0.3) is 0 Å². The first kappa shape index (κ1) is 32.9. The van der Waals surface area contributed by atoms with Gasteiger partial charge < -0.3 is 31.9 Å². The van der Waals surface area contributed by atoms with Crippen LogP contribution in [0.3, 0.4) is 0 Å². The van der Waals surface area contributed by atoms with Gasteiger partial charge in [0.2, 0.25) is 0 Å². The number of rotatable bonds is 19. The molecule has 0 radical (unpaired) electrons. The molecule has 3 aromatic rings. The summed E-state index contributed by atoms with van der Waals surface area (Å²) in [6.45, 7) is 5.91. The molecule has 0 saturated carbocycles. The first-order valence-corrected chi connectivity index (χ1v) is 14.9. The van der Waals surface area contributed by atoms with Crippen molar-refractivity contribution < 1.29 is 24.3 Å². The van der Waals surface area contributed by atoms with Crippen LogP contribution in [0.15, 0.2) is 78.9 Å². The Bertz CT molecular complexity index is 1210. The Morgan fingerprint density at radius 1 is 0.571 bits per heavy atom. The summed E-state index contributed by atoms with van der Waals surface area (Å²) in [6.07, 6.45) is 3.19. The minimum Gasteiger partial charge on any atom is -0.481 e. The lowest BCUT2D eigenvalue weighted by Crippen LogP contribution is -2.50. The lowest BCUT2D eigenvalue weighted by Gasteiger charge is -2.39. The molecule has 0 aliphatic heterocycles. The molecule has 226 valence electrons. The van der Waals surface area contributed by atoms with Gasteiger partial charge in [-0.1, -0.05) is 78.9 Å². The summed E-state index contributed by atoms with van der Waals surface area (Å²) >= 11 is 0. The van der Waals surface area contributed by atoms with E-state index in [0.29, 0.717) is 19.6 Å². The summed E-state index contributed by atoms with van der Waals surface area (Å²) in [5, 5.41) is 19.8. The second kappa shape index (κ2) is 16.8. The van der Waals surface area contributed by atoms with Crippen molar-refractivity contribution in [2.45, 2.75) is 38.6 Å². The predicted molar refractivity (Wildman–Crippen MR) is 168 cm³/mol. The van der Waals surface area contributed by atoms with E-state index in [1.54, 1.807) is 0 Å². The molecule has 0 bridgehead atoms. The standard InChI is InChI=1S/C34H46N4O4/c35-17-4-20-38(21-5-18-36,22-6-19-37)25-28-11-15-30(16-12-28)29-13-9-27(10-14-29)24-32(34(41)42)31(33(39)40)23-26-7-2-1-3-8-26/h1-3,7-16,31-32H,4-6,17-25,35-37H2,(H-,39,40,41,42)/p+1/t31-,32-/m0/s1. The lowest BCUT2D eigenvalue weighted by atomic mass is 9.82. The molecule has 8 nitrogen and oxygen atoms in total. The number of carboxylic acid groups (broad SMARTS) is 2. The Hall–Kier alpha value is -3.56. The van der Waals surface area contributed by atoms with Gasteiger partial charge in [0.1, 0.15) is 6.54 Å². The molecule has 0 unspecified atom stereocenters. The Balaban J connectivity index is 1.73. The van der Waals surface area contributed by atoms with Crippen LogP contribution in [0.1, 0.15) is 36.0 Å². The van der Waals surface area contributed by atoms with Crippen LogP contribution in [0.4, 0.5) is 0 Å². The number of carbonyl (C=O) groups is 2. The van der Waals surface area contributed by atoms with Gasteiger partial charge >= 0.3 is 11.9 Å². The zero-order valence-electron chi connectivity index (χ0n) is 24.5. The summed E-state index contributed by atoms with van der Waals surface area (Å²) < 4.78 is 0.937. The molecule has 0 aliphatic rings. The van der Waals surface area contributed by atoms with E-state index in [9.17, 15) is 19.8 Å². The van der Waals surface area contributed by atoms with Gasteiger partial charge in [0.05, 0.1) is 31.5 Å². The van der Waals surface area contributed by atoms with Gasteiger partial charge in [-0.2, -0.15) is 0 Å². The highest BCUT2D eigenvalue weighted by molar-refractivity contribution is 5.80. The molecule has 0 heterocycles. The second-order valence-corrected chi connectivity index (χ2v) is 11.3.